The minimum atomic E-state index is -0.790. The Balaban J connectivity index is 2.55. The van der Waals surface area contributed by atoms with E-state index in [9.17, 15) is 4.79 Å². The molecule has 0 radical (unpaired) electrons. The van der Waals surface area contributed by atoms with E-state index in [1.807, 2.05) is 23.9 Å². The van der Waals surface area contributed by atoms with Gasteiger partial charge in [0.25, 0.3) is 0 Å². The Kier molecular flexibility index (Phi) is 6.56. The Morgan fingerprint density at radius 2 is 2.11 bits per heavy atom. The van der Waals surface area contributed by atoms with Gasteiger partial charge in [-0.05, 0) is 25.3 Å². The molecule has 0 aromatic carbocycles. The number of rotatable bonds is 9. The van der Waals surface area contributed by atoms with Gasteiger partial charge in [-0.15, -0.1) is 0 Å². The van der Waals surface area contributed by atoms with Gasteiger partial charge in [-0.3, -0.25) is 14.8 Å². The number of nitrogens with zero attached hydrogens (tertiary/aromatic N) is 2. The molecule has 2 N–H and O–H groups in total. The summed E-state index contributed by atoms with van der Waals surface area (Å²) in [5.41, 5.74) is 0.897. The third-order valence-corrected chi connectivity index (χ3v) is 3.39. The first-order valence-corrected chi connectivity index (χ1v) is 7.12. The number of aliphatic carboxylic acids is 1. The largest absolute Gasteiger partial charge is 0.480 e. The van der Waals surface area contributed by atoms with Crippen molar-refractivity contribution in [3.63, 3.8) is 0 Å². The molecule has 0 aliphatic rings. The molecular weight excluding hydrogens is 242 g/mol. The Morgan fingerprint density at radius 3 is 2.63 bits per heavy atom. The van der Waals surface area contributed by atoms with Gasteiger partial charge in [-0.1, -0.05) is 27.2 Å². The Morgan fingerprint density at radius 1 is 1.42 bits per heavy atom. The molecule has 0 aliphatic carbocycles. The summed E-state index contributed by atoms with van der Waals surface area (Å²) >= 11 is 0. The molecule has 0 aliphatic heterocycles. The molecule has 108 valence electrons. The highest BCUT2D eigenvalue weighted by molar-refractivity contribution is 5.73. The molecule has 5 nitrogen and oxygen atoms in total. The monoisotopic (exact) mass is 267 g/mol. The van der Waals surface area contributed by atoms with Crippen LogP contribution in [0.1, 0.15) is 58.2 Å². The molecule has 1 aromatic rings. The third-order valence-electron chi connectivity index (χ3n) is 3.39. The van der Waals surface area contributed by atoms with E-state index in [2.05, 4.69) is 24.3 Å². The second-order valence-electron chi connectivity index (χ2n) is 4.82. The van der Waals surface area contributed by atoms with Crippen LogP contribution in [0.25, 0.3) is 0 Å². The molecule has 1 aromatic heterocycles. The van der Waals surface area contributed by atoms with Crippen molar-refractivity contribution in [3.8, 4) is 0 Å². The van der Waals surface area contributed by atoms with E-state index in [4.69, 9.17) is 5.11 Å². The van der Waals surface area contributed by atoms with Crippen molar-refractivity contribution in [1.29, 1.82) is 0 Å². The van der Waals surface area contributed by atoms with Gasteiger partial charge >= 0.3 is 5.97 Å². The molecule has 0 spiro atoms. The van der Waals surface area contributed by atoms with Crippen LogP contribution >= 0.6 is 0 Å². The van der Waals surface area contributed by atoms with E-state index < -0.39 is 12.0 Å². The summed E-state index contributed by atoms with van der Waals surface area (Å²) < 4.78 is 1.98. The second-order valence-corrected chi connectivity index (χ2v) is 4.82. The zero-order valence-electron chi connectivity index (χ0n) is 12.1. The smallest absolute Gasteiger partial charge is 0.320 e. The maximum Gasteiger partial charge on any atom is 0.320 e. The maximum atomic E-state index is 11.0. The van der Waals surface area contributed by atoms with Crippen LogP contribution in [0.15, 0.2) is 12.3 Å². The maximum absolute atomic E-state index is 11.0. The summed E-state index contributed by atoms with van der Waals surface area (Å²) in [5, 5.41) is 16.6. The molecule has 0 saturated heterocycles. The average molecular weight is 267 g/mol. The van der Waals surface area contributed by atoms with Crippen molar-refractivity contribution < 1.29 is 9.90 Å². The quantitative estimate of drug-likeness (QED) is 0.721. The first kappa shape index (κ1) is 15.7. The van der Waals surface area contributed by atoms with E-state index in [1.165, 1.54) is 0 Å². The van der Waals surface area contributed by atoms with Gasteiger partial charge in [-0.25, -0.2) is 0 Å². The van der Waals surface area contributed by atoms with E-state index in [-0.39, 0.29) is 0 Å². The molecule has 5 heteroatoms. The number of nitrogens with one attached hydrogen (secondary N) is 1. The lowest BCUT2D eigenvalue weighted by Crippen LogP contribution is -2.36. The summed E-state index contributed by atoms with van der Waals surface area (Å²) in [6.07, 6.45) is 5.58. The van der Waals surface area contributed by atoms with E-state index in [0.29, 0.717) is 19.0 Å². The molecule has 1 atom stereocenters. The van der Waals surface area contributed by atoms with Crippen molar-refractivity contribution in [2.24, 2.45) is 0 Å². The van der Waals surface area contributed by atoms with Crippen LogP contribution in [-0.4, -0.2) is 26.9 Å². The lowest BCUT2D eigenvalue weighted by molar-refractivity contribution is -0.139. The van der Waals surface area contributed by atoms with Gasteiger partial charge in [0.15, 0.2) is 0 Å². The minimum absolute atomic E-state index is 0.430. The Labute approximate surface area is 115 Å². The molecule has 0 fully saturated rings. The zero-order valence-corrected chi connectivity index (χ0v) is 12.1. The molecular formula is C14H25N3O2. The number of hydrogen-bond acceptors (Lipinski definition) is 3. The zero-order chi connectivity index (χ0) is 14.3. The Bertz CT molecular complexity index is 386. The predicted molar refractivity (Wildman–Crippen MR) is 75.0 cm³/mol. The second kappa shape index (κ2) is 7.94. The van der Waals surface area contributed by atoms with Crippen molar-refractivity contribution in [2.75, 3.05) is 0 Å². The van der Waals surface area contributed by atoms with Gasteiger partial charge in [-0.2, -0.15) is 5.10 Å². The van der Waals surface area contributed by atoms with Gasteiger partial charge in [0.2, 0.25) is 0 Å². The minimum Gasteiger partial charge on any atom is -0.480 e. The van der Waals surface area contributed by atoms with E-state index in [0.717, 1.165) is 25.0 Å². The summed E-state index contributed by atoms with van der Waals surface area (Å²) in [5.74, 6) is -0.790. The molecule has 1 rings (SSSR count). The van der Waals surface area contributed by atoms with Gasteiger partial charge in [0.1, 0.15) is 6.04 Å². The van der Waals surface area contributed by atoms with Crippen molar-refractivity contribution in [3.05, 3.63) is 18.0 Å². The highest BCUT2D eigenvalue weighted by Crippen LogP contribution is 2.14. The molecule has 19 heavy (non-hydrogen) atoms. The highest BCUT2D eigenvalue weighted by Gasteiger charge is 2.16. The van der Waals surface area contributed by atoms with Crippen LogP contribution in [0, 0.1) is 0 Å². The average Bonchev–Trinajstić information content (AvgIpc) is 2.84. The molecule has 1 heterocycles. The molecule has 0 amide bonds. The first-order valence-electron chi connectivity index (χ1n) is 7.12. The summed E-state index contributed by atoms with van der Waals surface area (Å²) in [6.45, 7) is 6.79. The van der Waals surface area contributed by atoms with Crippen LogP contribution < -0.4 is 5.32 Å². The summed E-state index contributed by atoms with van der Waals surface area (Å²) in [4.78, 5) is 11.0. The number of aromatic nitrogens is 2. The number of hydrogen-bond donors (Lipinski definition) is 2. The number of carbonyl (C=O) groups is 1. The van der Waals surface area contributed by atoms with Crippen molar-refractivity contribution in [1.82, 2.24) is 15.1 Å². The first-order chi connectivity index (χ1) is 9.12. The van der Waals surface area contributed by atoms with Gasteiger partial charge < -0.3 is 5.11 Å². The van der Waals surface area contributed by atoms with Crippen molar-refractivity contribution in [2.45, 2.75) is 65.1 Å². The van der Waals surface area contributed by atoms with E-state index >= 15 is 0 Å². The van der Waals surface area contributed by atoms with E-state index in [1.54, 1.807) is 0 Å². The lowest BCUT2D eigenvalue weighted by Gasteiger charge is -2.13. The number of carboxylic acid groups (broad SMARTS) is 1. The van der Waals surface area contributed by atoms with Crippen LogP contribution in [0.2, 0.25) is 0 Å². The normalized spacial score (nSPS) is 12.8. The SMILES string of the molecule is CCCC(NCc1ccn(C(CC)CC)n1)C(=O)O. The van der Waals surface area contributed by atoms with Gasteiger partial charge in [0, 0.05) is 12.7 Å². The summed E-state index contributed by atoms with van der Waals surface area (Å²) in [7, 11) is 0. The van der Waals surface area contributed by atoms with Crippen LogP contribution in [0.4, 0.5) is 0 Å². The van der Waals surface area contributed by atoms with Crippen LogP contribution in [0.3, 0.4) is 0 Å². The standard InChI is InChI=1S/C14H25N3O2/c1-4-7-13(14(18)19)15-10-11-8-9-17(16-11)12(5-2)6-3/h8-9,12-13,15H,4-7,10H2,1-3H3,(H,18,19). The van der Waals surface area contributed by atoms with Crippen LogP contribution in [-0.2, 0) is 11.3 Å². The lowest BCUT2D eigenvalue weighted by atomic mass is 10.1. The fourth-order valence-corrected chi connectivity index (χ4v) is 2.17. The van der Waals surface area contributed by atoms with Crippen molar-refractivity contribution >= 4 is 5.97 Å². The Hall–Kier alpha value is -1.36. The fraction of sp³-hybridized carbons (Fsp3) is 0.714. The fourth-order valence-electron chi connectivity index (χ4n) is 2.17. The molecule has 1 unspecified atom stereocenters. The topological polar surface area (TPSA) is 67.2 Å². The predicted octanol–water partition coefficient (Wildman–Crippen LogP) is 2.59. The highest BCUT2D eigenvalue weighted by atomic mass is 16.4. The van der Waals surface area contributed by atoms with Gasteiger partial charge in [0.05, 0.1) is 11.7 Å². The number of carboxylic acids is 1. The molecule has 0 bridgehead atoms. The molecule has 0 saturated carbocycles. The van der Waals surface area contributed by atoms with Crippen LogP contribution in [0.5, 0.6) is 0 Å². The third kappa shape index (κ3) is 4.67. The summed E-state index contributed by atoms with van der Waals surface area (Å²) in [6, 6.07) is 1.90.